The van der Waals surface area contributed by atoms with Crippen molar-refractivity contribution in [3.63, 3.8) is 0 Å². The third-order valence-corrected chi connectivity index (χ3v) is 6.62. The number of Topliss-reactive ketones (excluding diaryl/α,β-unsaturated/α-hetero) is 1. The number of hydrogen-bond donors (Lipinski definition) is 3. The van der Waals surface area contributed by atoms with Gasteiger partial charge in [-0.1, -0.05) is 24.3 Å². The van der Waals surface area contributed by atoms with Gasteiger partial charge in [0.1, 0.15) is 23.4 Å². The summed E-state index contributed by atoms with van der Waals surface area (Å²) in [4.78, 5) is 13.2. The molecule has 6 rings (SSSR count). The number of methoxy groups -OCH3 is 1. The Hall–Kier alpha value is -3.67. The Labute approximate surface area is 171 Å². The van der Waals surface area contributed by atoms with Crippen LogP contribution in [0.2, 0.25) is 0 Å². The molecule has 150 valence electrons. The van der Waals surface area contributed by atoms with Gasteiger partial charge in [-0.25, -0.2) is 0 Å². The van der Waals surface area contributed by atoms with E-state index in [2.05, 4.69) is 0 Å². The summed E-state index contributed by atoms with van der Waals surface area (Å²) >= 11 is 0. The maximum atomic E-state index is 13.2. The molecule has 1 aliphatic heterocycles. The molecular formula is C24H18O6. The van der Waals surface area contributed by atoms with Crippen LogP contribution < -0.4 is 9.47 Å². The first kappa shape index (κ1) is 17.2. The largest absolute Gasteiger partial charge is 0.507 e. The van der Waals surface area contributed by atoms with Crippen LogP contribution in [0.4, 0.5) is 0 Å². The Kier molecular flexibility index (Phi) is 3.26. The monoisotopic (exact) mass is 402 g/mol. The van der Waals surface area contributed by atoms with E-state index >= 15 is 0 Å². The summed E-state index contributed by atoms with van der Waals surface area (Å²) in [6.07, 6.45) is -0.218. The first-order valence-electron chi connectivity index (χ1n) is 9.79. The normalized spacial score (nSPS) is 22.4. The zero-order valence-electron chi connectivity index (χ0n) is 16.0. The number of ether oxygens (including phenoxy) is 2. The van der Waals surface area contributed by atoms with E-state index in [1.54, 1.807) is 6.07 Å². The van der Waals surface area contributed by atoms with E-state index in [4.69, 9.17) is 9.47 Å². The Bertz CT molecular complexity index is 1260. The fourth-order valence-corrected chi connectivity index (χ4v) is 5.46. The fourth-order valence-electron chi connectivity index (χ4n) is 5.46. The van der Waals surface area contributed by atoms with Gasteiger partial charge in [0.2, 0.25) is 0 Å². The van der Waals surface area contributed by atoms with Crippen LogP contribution in [0.5, 0.6) is 28.7 Å². The Morgan fingerprint density at radius 1 is 0.967 bits per heavy atom. The second-order valence-electron chi connectivity index (χ2n) is 8.00. The van der Waals surface area contributed by atoms with Crippen molar-refractivity contribution >= 4 is 5.78 Å². The molecule has 0 saturated carbocycles. The van der Waals surface area contributed by atoms with Gasteiger partial charge in [0.15, 0.2) is 17.3 Å². The van der Waals surface area contributed by atoms with Crippen LogP contribution in [-0.4, -0.2) is 28.2 Å². The molecule has 0 spiro atoms. The molecule has 0 aromatic heterocycles. The number of aromatic hydroxyl groups is 3. The molecule has 6 nitrogen and oxygen atoms in total. The number of para-hydroxylation sites is 1. The molecule has 0 radical (unpaired) electrons. The summed E-state index contributed by atoms with van der Waals surface area (Å²) in [6, 6.07) is 12.2. The predicted molar refractivity (Wildman–Crippen MR) is 108 cm³/mol. The van der Waals surface area contributed by atoms with Crippen LogP contribution in [0, 0.1) is 0 Å². The Balaban J connectivity index is 1.79. The number of ketones is 1. The minimum atomic E-state index is -0.475. The lowest BCUT2D eigenvalue weighted by molar-refractivity contribution is 0.0868. The number of carbonyl (C=O) groups excluding carboxylic acids is 1. The highest BCUT2D eigenvalue weighted by Gasteiger charge is 2.51. The summed E-state index contributed by atoms with van der Waals surface area (Å²) < 4.78 is 11.9. The van der Waals surface area contributed by atoms with Gasteiger partial charge in [-0.05, 0) is 23.3 Å². The molecule has 1 heterocycles. The topological polar surface area (TPSA) is 96.2 Å². The highest BCUT2D eigenvalue weighted by Crippen LogP contribution is 2.65. The molecule has 3 aliphatic rings. The van der Waals surface area contributed by atoms with Gasteiger partial charge in [0.05, 0.1) is 12.7 Å². The third kappa shape index (κ3) is 1.95. The molecule has 3 aromatic carbocycles. The quantitative estimate of drug-likeness (QED) is 0.523. The van der Waals surface area contributed by atoms with Crippen LogP contribution in [0.3, 0.4) is 0 Å². The van der Waals surface area contributed by atoms with Crippen molar-refractivity contribution in [2.75, 3.05) is 7.11 Å². The highest BCUT2D eigenvalue weighted by molar-refractivity contribution is 6.06. The number of benzene rings is 3. The average molecular weight is 402 g/mol. The van der Waals surface area contributed by atoms with Crippen LogP contribution in [0.25, 0.3) is 11.1 Å². The van der Waals surface area contributed by atoms with Gasteiger partial charge < -0.3 is 24.8 Å². The van der Waals surface area contributed by atoms with Gasteiger partial charge >= 0.3 is 0 Å². The summed E-state index contributed by atoms with van der Waals surface area (Å²) in [5.74, 6) is -0.205. The zero-order chi connectivity index (χ0) is 20.7. The zero-order valence-corrected chi connectivity index (χ0v) is 16.0. The number of hydrogen-bond acceptors (Lipinski definition) is 6. The first-order chi connectivity index (χ1) is 14.5. The van der Waals surface area contributed by atoms with Gasteiger partial charge in [0.25, 0.3) is 0 Å². The van der Waals surface area contributed by atoms with Crippen molar-refractivity contribution in [2.24, 2.45) is 0 Å². The first-order valence-corrected chi connectivity index (χ1v) is 9.79. The van der Waals surface area contributed by atoms with Crippen LogP contribution in [0.1, 0.15) is 51.4 Å². The van der Waals surface area contributed by atoms with E-state index in [1.807, 2.05) is 24.3 Å². The molecule has 2 aliphatic carbocycles. The lowest BCUT2D eigenvalue weighted by Gasteiger charge is -2.47. The molecule has 3 N–H and O–H groups in total. The van der Waals surface area contributed by atoms with Crippen LogP contribution in [-0.2, 0) is 0 Å². The molecule has 30 heavy (non-hydrogen) atoms. The molecule has 6 heteroatoms. The van der Waals surface area contributed by atoms with E-state index in [9.17, 15) is 20.1 Å². The summed E-state index contributed by atoms with van der Waals surface area (Å²) in [5, 5.41) is 31.7. The molecule has 0 saturated heterocycles. The van der Waals surface area contributed by atoms with E-state index in [0.29, 0.717) is 33.8 Å². The average Bonchev–Trinajstić information content (AvgIpc) is 2.75. The molecule has 0 bridgehead atoms. The lowest BCUT2D eigenvalue weighted by atomic mass is 9.61. The van der Waals surface area contributed by atoms with Crippen molar-refractivity contribution in [3.05, 3.63) is 64.7 Å². The van der Waals surface area contributed by atoms with Crippen LogP contribution in [0.15, 0.2) is 42.5 Å². The molecule has 0 amide bonds. The summed E-state index contributed by atoms with van der Waals surface area (Å²) in [6.45, 7) is 0. The molecule has 3 atom stereocenters. The maximum absolute atomic E-state index is 13.2. The number of phenols is 3. The van der Waals surface area contributed by atoms with E-state index < -0.39 is 6.10 Å². The van der Waals surface area contributed by atoms with E-state index in [-0.39, 0.29) is 46.9 Å². The highest BCUT2D eigenvalue weighted by atomic mass is 16.5. The second kappa shape index (κ2) is 5.69. The van der Waals surface area contributed by atoms with Crippen molar-refractivity contribution in [2.45, 2.75) is 24.4 Å². The second-order valence-corrected chi connectivity index (χ2v) is 8.00. The SMILES string of the molecule is COc1cc(O)c2c3c1-c1c(ccc(O)c1O)[C@@H]1Oc4ccccc4[C@@H](CC2=O)[C@@H]31. The lowest BCUT2D eigenvalue weighted by Crippen LogP contribution is -2.36. The number of fused-ring (bicyclic) bond motifs is 5. The third-order valence-electron chi connectivity index (χ3n) is 6.62. The standard InChI is InChI=1S/C24H18O6/c1-29-17-9-15(27)20-14(26)8-12-10-4-2-3-5-16(10)30-24-11-6-7-13(25)23(28)18(11)21(17)22(20)19(12)24/h2-7,9,12,19,24-25,27-28H,8H2,1H3/t12-,19+,24+/m1/s1. The number of carbonyl (C=O) groups is 1. The minimum absolute atomic E-state index is 0.130. The minimum Gasteiger partial charge on any atom is -0.507 e. The van der Waals surface area contributed by atoms with Crippen molar-refractivity contribution in [3.8, 4) is 39.9 Å². The summed E-state index contributed by atoms with van der Waals surface area (Å²) in [5.41, 5.74) is 3.42. The van der Waals surface area contributed by atoms with E-state index in [0.717, 1.165) is 5.56 Å². The maximum Gasteiger partial charge on any atom is 0.167 e. The van der Waals surface area contributed by atoms with Gasteiger partial charge in [-0.3, -0.25) is 4.79 Å². The Morgan fingerprint density at radius 3 is 2.57 bits per heavy atom. The molecule has 3 aromatic rings. The smallest absolute Gasteiger partial charge is 0.167 e. The van der Waals surface area contributed by atoms with Crippen molar-refractivity contribution in [1.82, 2.24) is 0 Å². The van der Waals surface area contributed by atoms with Gasteiger partial charge in [-0.15, -0.1) is 0 Å². The number of phenolic OH excluding ortho intramolecular Hbond substituents is 3. The Morgan fingerprint density at radius 2 is 1.77 bits per heavy atom. The summed E-state index contributed by atoms with van der Waals surface area (Å²) in [7, 11) is 1.47. The van der Waals surface area contributed by atoms with E-state index in [1.165, 1.54) is 19.2 Å². The predicted octanol–water partition coefficient (Wildman–Crippen LogP) is 4.38. The number of rotatable bonds is 1. The van der Waals surface area contributed by atoms with Crippen molar-refractivity contribution in [1.29, 1.82) is 0 Å². The van der Waals surface area contributed by atoms with Crippen molar-refractivity contribution < 1.29 is 29.6 Å². The van der Waals surface area contributed by atoms with Gasteiger partial charge in [-0.2, -0.15) is 0 Å². The molecule has 0 fully saturated rings. The van der Waals surface area contributed by atoms with Gasteiger partial charge in [0, 0.05) is 41.0 Å². The molecular weight excluding hydrogens is 384 g/mol. The van der Waals surface area contributed by atoms with Crippen LogP contribution >= 0.6 is 0 Å². The molecule has 0 unspecified atom stereocenters. The fraction of sp³-hybridized carbons (Fsp3) is 0.208.